The number of hydrogen-bond donors (Lipinski definition) is 0. The molecule has 2 aromatic rings. The molecule has 0 fully saturated rings. The minimum atomic E-state index is -0.535. The maximum atomic E-state index is 11.6. The Morgan fingerprint density at radius 1 is 1.40 bits per heavy atom. The fourth-order valence-corrected chi connectivity index (χ4v) is 1.88. The number of halogens is 1. The Hall–Kier alpha value is -1.80. The lowest BCUT2D eigenvalue weighted by atomic mass is 10.3. The second-order valence-electron chi connectivity index (χ2n) is 3.93. The molecule has 20 heavy (non-hydrogen) atoms. The molecule has 2 heterocycles. The largest absolute Gasteiger partial charge is 0.464 e. The molecule has 2 rings (SSSR count). The minimum Gasteiger partial charge on any atom is -0.464 e. The van der Waals surface area contributed by atoms with E-state index in [4.69, 9.17) is 4.74 Å². The Kier molecular flexibility index (Phi) is 4.80. The summed E-state index contributed by atoms with van der Waals surface area (Å²) in [7, 11) is 2.84. The fourth-order valence-electron chi connectivity index (χ4n) is 1.65. The molecule has 0 aliphatic rings. The molecule has 0 amide bonds. The van der Waals surface area contributed by atoms with Gasteiger partial charge in [-0.3, -0.25) is 4.98 Å². The molecule has 0 unspecified atom stereocenters. The Morgan fingerprint density at radius 2 is 2.20 bits per heavy atom. The molecule has 2 aromatic heterocycles. The Morgan fingerprint density at radius 3 is 2.80 bits per heavy atom. The molecule has 7 nitrogen and oxygen atoms in total. The predicted octanol–water partition coefficient (Wildman–Crippen LogP) is 1.42. The normalized spacial score (nSPS) is 10.6. The van der Waals surface area contributed by atoms with Gasteiger partial charge in [-0.1, -0.05) is 5.21 Å². The fraction of sp³-hybridized carbons (Fsp3) is 0.333. The second kappa shape index (κ2) is 6.58. The van der Waals surface area contributed by atoms with E-state index in [2.05, 4.69) is 36.0 Å². The molecule has 0 bridgehead atoms. The van der Waals surface area contributed by atoms with Crippen LogP contribution in [0.3, 0.4) is 0 Å². The van der Waals surface area contributed by atoms with Gasteiger partial charge >= 0.3 is 5.97 Å². The lowest BCUT2D eigenvalue weighted by Crippen LogP contribution is -2.12. The maximum absolute atomic E-state index is 11.6. The summed E-state index contributed by atoms with van der Waals surface area (Å²) >= 11 is 3.32. The molecule has 0 N–H and O–H groups in total. The molecule has 106 valence electrons. The first-order valence-corrected chi connectivity index (χ1v) is 6.55. The van der Waals surface area contributed by atoms with Crippen molar-refractivity contribution >= 4 is 21.9 Å². The number of methoxy groups -OCH3 is 2. The molecular formula is C12H13BrN4O3. The van der Waals surface area contributed by atoms with E-state index >= 15 is 0 Å². The van der Waals surface area contributed by atoms with Crippen LogP contribution in [-0.4, -0.2) is 40.2 Å². The molecule has 8 heteroatoms. The van der Waals surface area contributed by atoms with Gasteiger partial charge in [-0.2, -0.15) is 0 Å². The quantitative estimate of drug-likeness (QED) is 0.766. The van der Waals surface area contributed by atoms with Crippen molar-refractivity contribution in [2.75, 3.05) is 14.2 Å². The van der Waals surface area contributed by atoms with Gasteiger partial charge in [0.2, 0.25) is 0 Å². The zero-order valence-corrected chi connectivity index (χ0v) is 12.6. The number of esters is 1. The average Bonchev–Trinajstić information content (AvgIpc) is 2.84. The molecule has 0 atom stereocenters. The van der Waals surface area contributed by atoms with E-state index in [9.17, 15) is 4.79 Å². The van der Waals surface area contributed by atoms with Crippen LogP contribution in [0.2, 0.25) is 0 Å². The number of aromatic nitrogens is 4. The van der Waals surface area contributed by atoms with E-state index in [0.717, 1.165) is 10.2 Å². The SMILES string of the molecule is COCc1c(C(=O)OC)nnn1Cc1ccc(Br)cn1. The van der Waals surface area contributed by atoms with Crippen LogP contribution < -0.4 is 0 Å². The Bertz CT molecular complexity index is 597. The van der Waals surface area contributed by atoms with Crippen LogP contribution in [0.25, 0.3) is 0 Å². The molecule has 0 saturated heterocycles. The number of nitrogens with zero attached hydrogens (tertiary/aromatic N) is 4. The monoisotopic (exact) mass is 340 g/mol. The molecule has 0 aliphatic heterocycles. The highest BCUT2D eigenvalue weighted by Crippen LogP contribution is 2.12. The van der Waals surface area contributed by atoms with E-state index in [-0.39, 0.29) is 12.3 Å². The van der Waals surface area contributed by atoms with Gasteiger partial charge in [0.25, 0.3) is 0 Å². The van der Waals surface area contributed by atoms with Crippen LogP contribution in [0.4, 0.5) is 0 Å². The summed E-state index contributed by atoms with van der Waals surface area (Å²) in [5, 5.41) is 7.80. The van der Waals surface area contributed by atoms with Crippen LogP contribution in [0.15, 0.2) is 22.8 Å². The van der Waals surface area contributed by atoms with Crippen molar-refractivity contribution in [1.29, 1.82) is 0 Å². The number of carbonyl (C=O) groups is 1. The first-order chi connectivity index (χ1) is 9.65. The van der Waals surface area contributed by atoms with Gasteiger partial charge in [0.05, 0.1) is 31.6 Å². The number of hydrogen-bond acceptors (Lipinski definition) is 6. The Balaban J connectivity index is 2.29. The van der Waals surface area contributed by atoms with Crippen LogP contribution in [0, 0.1) is 0 Å². The second-order valence-corrected chi connectivity index (χ2v) is 4.85. The minimum absolute atomic E-state index is 0.159. The van der Waals surface area contributed by atoms with Crippen molar-refractivity contribution in [3.63, 3.8) is 0 Å². The summed E-state index contributed by atoms with van der Waals surface area (Å²) in [5.41, 5.74) is 1.52. The van der Waals surface area contributed by atoms with Crippen molar-refractivity contribution in [3.8, 4) is 0 Å². The van der Waals surface area contributed by atoms with Gasteiger partial charge in [0.1, 0.15) is 0 Å². The molecule has 0 spiro atoms. The van der Waals surface area contributed by atoms with Gasteiger partial charge in [-0.25, -0.2) is 9.48 Å². The summed E-state index contributed by atoms with van der Waals surface area (Å²) in [6.07, 6.45) is 1.70. The van der Waals surface area contributed by atoms with Crippen LogP contribution in [0.1, 0.15) is 21.9 Å². The first-order valence-electron chi connectivity index (χ1n) is 5.75. The van der Waals surface area contributed by atoms with Crippen LogP contribution in [0.5, 0.6) is 0 Å². The van der Waals surface area contributed by atoms with Gasteiger partial charge in [0, 0.05) is 17.8 Å². The van der Waals surface area contributed by atoms with Crippen LogP contribution in [-0.2, 0) is 22.6 Å². The predicted molar refractivity (Wildman–Crippen MR) is 73.1 cm³/mol. The van der Waals surface area contributed by atoms with Crippen molar-refractivity contribution in [2.24, 2.45) is 0 Å². The highest BCUT2D eigenvalue weighted by atomic mass is 79.9. The summed E-state index contributed by atoms with van der Waals surface area (Å²) in [6.45, 7) is 0.615. The zero-order valence-electron chi connectivity index (χ0n) is 11.0. The van der Waals surface area contributed by atoms with E-state index in [1.807, 2.05) is 12.1 Å². The average molecular weight is 341 g/mol. The number of rotatable bonds is 5. The topological polar surface area (TPSA) is 79.1 Å². The molecule has 0 radical (unpaired) electrons. The maximum Gasteiger partial charge on any atom is 0.360 e. The van der Waals surface area contributed by atoms with Gasteiger partial charge in [-0.15, -0.1) is 5.10 Å². The third-order valence-electron chi connectivity index (χ3n) is 2.60. The highest BCUT2D eigenvalue weighted by Gasteiger charge is 2.20. The number of carbonyl (C=O) groups excluding carboxylic acids is 1. The lowest BCUT2D eigenvalue weighted by molar-refractivity contribution is 0.0588. The van der Waals surface area contributed by atoms with Crippen molar-refractivity contribution in [1.82, 2.24) is 20.0 Å². The molecule has 0 aromatic carbocycles. The Labute approximate surface area is 124 Å². The summed E-state index contributed by atoms with van der Waals surface area (Å²) in [4.78, 5) is 15.9. The third kappa shape index (κ3) is 3.20. The van der Waals surface area contributed by atoms with E-state index in [0.29, 0.717) is 12.2 Å². The smallest absolute Gasteiger partial charge is 0.360 e. The van der Waals surface area contributed by atoms with Crippen LogP contribution >= 0.6 is 15.9 Å². The number of pyridine rings is 1. The standard InChI is InChI=1S/C12H13BrN4O3/c1-19-7-10-11(12(18)20-2)15-16-17(10)6-9-4-3-8(13)5-14-9/h3-5H,6-7H2,1-2H3. The summed E-state index contributed by atoms with van der Waals surface area (Å²) in [6, 6.07) is 3.75. The van der Waals surface area contributed by atoms with Crippen molar-refractivity contribution < 1.29 is 14.3 Å². The highest BCUT2D eigenvalue weighted by molar-refractivity contribution is 9.10. The summed E-state index contributed by atoms with van der Waals surface area (Å²) in [5.74, 6) is -0.535. The molecule has 0 aliphatic carbocycles. The van der Waals surface area contributed by atoms with E-state index in [1.165, 1.54) is 14.2 Å². The number of ether oxygens (including phenoxy) is 2. The van der Waals surface area contributed by atoms with Gasteiger partial charge in [0.15, 0.2) is 5.69 Å². The third-order valence-corrected chi connectivity index (χ3v) is 3.07. The molecule has 0 saturated carbocycles. The van der Waals surface area contributed by atoms with E-state index in [1.54, 1.807) is 10.9 Å². The van der Waals surface area contributed by atoms with E-state index < -0.39 is 5.97 Å². The van der Waals surface area contributed by atoms with Gasteiger partial charge < -0.3 is 9.47 Å². The first kappa shape index (κ1) is 14.6. The molecular weight excluding hydrogens is 328 g/mol. The zero-order chi connectivity index (χ0) is 14.5. The van der Waals surface area contributed by atoms with Crippen molar-refractivity contribution in [2.45, 2.75) is 13.2 Å². The summed E-state index contributed by atoms with van der Waals surface area (Å²) < 4.78 is 12.2. The van der Waals surface area contributed by atoms with Crippen molar-refractivity contribution in [3.05, 3.63) is 39.9 Å². The lowest BCUT2D eigenvalue weighted by Gasteiger charge is -2.06. The van der Waals surface area contributed by atoms with Gasteiger partial charge in [-0.05, 0) is 28.1 Å².